The largest absolute Gasteiger partial charge is 0.502 e. The van der Waals surface area contributed by atoms with E-state index in [1.165, 1.54) is 0 Å². The molecule has 0 saturated carbocycles. The van der Waals surface area contributed by atoms with Gasteiger partial charge in [-0.1, -0.05) is 53.4 Å². The zero-order valence-corrected chi connectivity index (χ0v) is 17.9. The lowest BCUT2D eigenvalue weighted by Gasteiger charge is -2.33. The van der Waals surface area contributed by atoms with Crippen LogP contribution in [-0.4, -0.2) is 47.6 Å². The van der Waals surface area contributed by atoms with Crippen molar-refractivity contribution in [3.05, 3.63) is 0 Å². The van der Waals surface area contributed by atoms with Crippen molar-refractivity contribution in [2.75, 3.05) is 26.4 Å². The SMILES string of the molecule is CCCCO[Si](CCCC)(OCCCC)OC(CCC)OCC1CO1. The van der Waals surface area contributed by atoms with Crippen molar-refractivity contribution in [2.45, 2.75) is 97.5 Å². The molecule has 0 aliphatic carbocycles. The van der Waals surface area contributed by atoms with Crippen molar-refractivity contribution in [3.63, 3.8) is 0 Å². The fourth-order valence-corrected chi connectivity index (χ4v) is 5.35. The van der Waals surface area contributed by atoms with Gasteiger partial charge in [0.25, 0.3) is 0 Å². The Morgan fingerprint density at radius 2 is 1.52 bits per heavy atom. The molecule has 2 unspecified atom stereocenters. The van der Waals surface area contributed by atoms with Gasteiger partial charge in [-0.15, -0.1) is 0 Å². The maximum Gasteiger partial charge on any atom is 0.502 e. The molecule has 1 aliphatic rings. The van der Waals surface area contributed by atoms with Crippen LogP contribution in [0, 0.1) is 0 Å². The van der Waals surface area contributed by atoms with E-state index in [-0.39, 0.29) is 12.4 Å². The lowest BCUT2D eigenvalue weighted by atomic mass is 10.3. The Labute approximate surface area is 156 Å². The Morgan fingerprint density at radius 1 is 0.920 bits per heavy atom. The van der Waals surface area contributed by atoms with Gasteiger partial charge in [-0.2, -0.15) is 0 Å². The molecule has 0 aromatic carbocycles. The number of epoxide rings is 1. The number of unbranched alkanes of at least 4 members (excludes halogenated alkanes) is 3. The highest BCUT2D eigenvalue weighted by Crippen LogP contribution is 2.25. The molecule has 25 heavy (non-hydrogen) atoms. The third-order valence-corrected chi connectivity index (χ3v) is 7.06. The third kappa shape index (κ3) is 10.7. The smallest absolute Gasteiger partial charge is 0.373 e. The molecule has 1 fully saturated rings. The summed E-state index contributed by atoms with van der Waals surface area (Å²) in [6.07, 6.45) is 8.35. The van der Waals surface area contributed by atoms with E-state index in [0.717, 1.165) is 64.0 Å². The van der Waals surface area contributed by atoms with Crippen molar-refractivity contribution >= 4 is 8.80 Å². The number of ether oxygens (including phenoxy) is 2. The fourth-order valence-electron chi connectivity index (χ4n) is 2.44. The predicted molar refractivity (Wildman–Crippen MR) is 103 cm³/mol. The van der Waals surface area contributed by atoms with Crippen LogP contribution in [-0.2, 0) is 22.8 Å². The molecule has 0 aromatic rings. The van der Waals surface area contributed by atoms with E-state index in [4.69, 9.17) is 22.8 Å². The highest BCUT2D eigenvalue weighted by molar-refractivity contribution is 6.60. The summed E-state index contributed by atoms with van der Waals surface area (Å²) in [5.74, 6) is 0. The van der Waals surface area contributed by atoms with E-state index in [0.29, 0.717) is 19.8 Å². The van der Waals surface area contributed by atoms with E-state index >= 15 is 0 Å². The molecule has 0 aromatic heterocycles. The van der Waals surface area contributed by atoms with Crippen LogP contribution >= 0.6 is 0 Å². The summed E-state index contributed by atoms with van der Waals surface area (Å²) < 4.78 is 30.3. The van der Waals surface area contributed by atoms with Gasteiger partial charge >= 0.3 is 8.80 Å². The first-order valence-corrected chi connectivity index (χ1v) is 12.3. The van der Waals surface area contributed by atoms with Gasteiger partial charge < -0.3 is 22.8 Å². The second kappa shape index (κ2) is 14.1. The molecule has 150 valence electrons. The average Bonchev–Trinajstić information content (AvgIpc) is 3.43. The van der Waals surface area contributed by atoms with Crippen LogP contribution in [0.2, 0.25) is 6.04 Å². The molecule has 0 N–H and O–H groups in total. The van der Waals surface area contributed by atoms with Gasteiger partial charge in [0.2, 0.25) is 0 Å². The summed E-state index contributed by atoms with van der Waals surface area (Å²) in [4.78, 5) is 0. The van der Waals surface area contributed by atoms with Gasteiger partial charge in [-0.25, -0.2) is 0 Å². The van der Waals surface area contributed by atoms with Crippen LogP contribution in [0.3, 0.4) is 0 Å². The molecule has 1 rings (SSSR count). The normalized spacial score (nSPS) is 18.5. The summed E-state index contributed by atoms with van der Waals surface area (Å²) in [7, 11) is -2.71. The van der Waals surface area contributed by atoms with Gasteiger partial charge in [0.1, 0.15) is 6.10 Å². The standard InChI is InChI=1S/C19H40O5Si/c1-5-9-13-22-25(15-11-7-3,23-14-10-6-2)24-19(12-8-4)21-17-18-16-20-18/h18-19H,5-17H2,1-4H3. The maximum atomic E-state index is 6.47. The highest BCUT2D eigenvalue weighted by Gasteiger charge is 2.43. The number of hydrogen-bond donors (Lipinski definition) is 0. The van der Waals surface area contributed by atoms with Crippen LogP contribution in [0.15, 0.2) is 0 Å². The first kappa shape index (κ1) is 23.1. The molecule has 0 spiro atoms. The molecular formula is C19H40O5Si. The van der Waals surface area contributed by atoms with E-state index in [1.807, 2.05) is 0 Å². The topological polar surface area (TPSA) is 49.5 Å². The Bertz CT molecular complexity index is 302. The molecular weight excluding hydrogens is 336 g/mol. The van der Waals surface area contributed by atoms with Gasteiger partial charge in [0.15, 0.2) is 6.29 Å². The summed E-state index contributed by atoms with van der Waals surface area (Å²) in [5, 5.41) is 0. The molecule has 5 nitrogen and oxygen atoms in total. The maximum absolute atomic E-state index is 6.47. The molecule has 1 aliphatic heterocycles. The molecule has 1 heterocycles. The minimum Gasteiger partial charge on any atom is -0.373 e. The first-order valence-electron chi connectivity index (χ1n) is 10.4. The summed E-state index contributed by atoms with van der Waals surface area (Å²) in [6.45, 7) is 11.5. The predicted octanol–water partition coefficient (Wildman–Crippen LogP) is 4.92. The molecule has 0 bridgehead atoms. The van der Waals surface area contributed by atoms with Crippen LogP contribution < -0.4 is 0 Å². The Kier molecular flexibility index (Phi) is 13.0. The second-order valence-corrected chi connectivity index (χ2v) is 9.49. The highest BCUT2D eigenvalue weighted by atomic mass is 28.4. The molecule has 0 radical (unpaired) electrons. The van der Waals surface area contributed by atoms with Gasteiger partial charge in [-0.3, -0.25) is 0 Å². The Hall–Kier alpha value is 0.0169. The second-order valence-electron chi connectivity index (χ2n) is 6.82. The van der Waals surface area contributed by atoms with Gasteiger partial charge in [-0.05, 0) is 25.7 Å². The van der Waals surface area contributed by atoms with Crippen LogP contribution in [0.5, 0.6) is 0 Å². The van der Waals surface area contributed by atoms with E-state index < -0.39 is 8.80 Å². The zero-order chi connectivity index (χ0) is 18.4. The molecule has 1 saturated heterocycles. The third-order valence-electron chi connectivity index (χ3n) is 4.18. The van der Waals surface area contributed by atoms with Crippen molar-refractivity contribution in [1.82, 2.24) is 0 Å². The summed E-state index contributed by atoms with van der Waals surface area (Å²) >= 11 is 0. The number of rotatable bonds is 18. The van der Waals surface area contributed by atoms with Crippen molar-refractivity contribution in [3.8, 4) is 0 Å². The number of hydrogen-bond acceptors (Lipinski definition) is 5. The average molecular weight is 377 g/mol. The minimum absolute atomic E-state index is 0.247. The Morgan fingerprint density at radius 3 is 2.00 bits per heavy atom. The molecule has 2 atom stereocenters. The van der Waals surface area contributed by atoms with Crippen molar-refractivity contribution < 1.29 is 22.8 Å². The quantitative estimate of drug-likeness (QED) is 0.147. The minimum atomic E-state index is -2.71. The van der Waals surface area contributed by atoms with Gasteiger partial charge in [0.05, 0.1) is 13.2 Å². The molecule has 6 heteroatoms. The fraction of sp³-hybridized carbons (Fsp3) is 1.00. The lowest BCUT2D eigenvalue weighted by molar-refractivity contribution is -0.127. The summed E-state index contributed by atoms with van der Waals surface area (Å²) in [6, 6.07) is 0.875. The van der Waals surface area contributed by atoms with Crippen LogP contribution in [0.4, 0.5) is 0 Å². The van der Waals surface area contributed by atoms with Gasteiger partial charge in [0, 0.05) is 19.3 Å². The zero-order valence-electron chi connectivity index (χ0n) is 16.9. The summed E-state index contributed by atoms with van der Waals surface area (Å²) in [5.41, 5.74) is 0. The van der Waals surface area contributed by atoms with Crippen molar-refractivity contribution in [2.24, 2.45) is 0 Å². The van der Waals surface area contributed by atoms with Crippen LogP contribution in [0.1, 0.15) is 79.1 Å². The van der Waals surface area contributed by atoms with E-state index in [1.54, 1.807) is 0 Å². The van der Waals surface area contributed by atoms with Crippen molar-refractivity contribution in [1.29, 1.82) is 0 Å². The Balaban J connectivity index is 2.71. The molecule has 0 amide bonds. The lowest BCUT2D eigenvalue weighted by Crippen LogP contribution is -2.49. The van der Waals surface area contributed by atoms with E-state index in [2.05, 4.69) is 27.7 Å². The first-order chi connectivity index (χ1) is 12.2. The van der Waals surface area contributed by atoms with E-state index in [9.17, 15) is 0 Å². The van der Waals surface area contributed by atoms with Crippen LogP contribution in [0.25, 0.3) is 0 Å². The monoisotopic (exact) mass is 376 g/mol.